The van der Waals surface area contributed by atoms with Crippen LogP contribution >= 0.6 is 0 Å². The van der Waals surface area contributed by atoms with Gasteiger partial charge in [-0.25, -0.2) is 0 Å². The minimum Gasteiger partial charge on any atom is -0.483 e. The lowest BCUT2D eigenvalue weighted by molar-refractivity contribution is -0.142. The van der Waals surface area contributed by atoms with Crippen molar-refractivity contribution >= 4 is 11.9 Å². The number of esters is 1. The second-order valence-electron chi connectivity index (χ2n) is 5.63. The molecule has 0 bridgehead atoms. The summed E-state index contributed by atoms with van der Waals surface area (Å²) < 4.78 is 10.3. The van der Waals surface area contributed by atoms with Gasteiger partial charge in [-0.3, -0.25) is 9.59 Å². The van der Waals surface area contributed by atoms with Gasteiger partial charge in [-0.15, -0.1) is 0 Å². The fourth-order valence-corrected chi connectivity index (χ4v) is 2.31. The summed E-state index contributed by atoms with van der Waals surface area (Å²) in [7, 11) is 1.36. The smallest absolute Gasteiger partial charge is 0.307 e. The van der Waals surface area contributed by atoms with Gasteiger partial charge in [0.05, 0.1) is 13.5 Å². The van der Waals surface area contributed by atoms with Gasteiger partial charge in [-0.05, 0) is 43.9 Å². The number of carbonyl (C=O) groups is 2. The molecule has 1 aromatic rings. The summed E-state index contributed by atoms with van der Waals surface area (Å²) in [6.07, 6.45) is 2.22. The number of hydrogen-bond acceptors (Lipinski definition) is 4. The van der Waals surface area contributed by atoms with E-state index in [0.29, 0.717) is 6.54 Å². The summed E-state index contributed by atoms with van der Waals surface area (Å²) in [6, 6.07) is 6.04. The average Bonchev–Trinajstić information content (AvgIpc) is 3.33. The number of amides is 1. The molecule has 0 atom stereocenters. The lowest BCUT2D eigenvalue weighted by atomic mass is 10.1. The quantitative estimate of drug-likeness (QED) is 0.725. The number of aryl methyl sites for hydroxylation is 1. The van der Waals surface area contributed by atoms with Crippen LogP contribution < -0.4 is 4.74 Å². The summed E-state index contributed by atoms with van der Waals surface area (Å²) in [5.41, 5.74) is 2.18. The molecule has 0 heterocycles. The van der Waals surface area contributed by atoms with Crippen LogP contribution in [0.2, 0.25) is 0 Å². The second-order valence-corrected chi connectivity index (χ2v) is 5.63. The second kappa shape index (κ2) is 7.29. The van der Waals surface area contributed by atoms with Crippen molar-refractivity contribution in [1.82, 2.24) is 4.90 Å². The van der Waals surface area contributed by atoms with Gasteiger partial charge in [0.15, 0.2) is 6.61 Å². The standard InChI is InChI=1S/C17H23NO4/c1-12-5-4-6-15(13(12)2)22-11-16(19)18(14-7-8-14)10-9-17(20)21-3/h4-6,14H,7-11H2,1-3H3. The molecule has 1 saturated carbocycles. The van der Waals surface area contributed by atoms with Crippen LogP contribution in [-0.2, 0) is 14.3 Å². The van der Waals surface area contributed by atoms with Gasteiger partial charge in [0, 0.05) is 12.6 Å². The van der Waals surface area contributed by atoms with Gasteiger partial charge in [0.25, 0.3) is 5.91 Å². The maximum absolute atomic E-state index is 12.3. The molecule has 0 radical (unpaired) electrons. The molecule has 5 heteroatoms. The molecule has 1 amide bonds. The minimum atomic E-state index is -0.297. The molecule has 0 N–H and O–H groups in total. The van der Waals surface area contributed by atoms with Gasteiger partial charge < -0.3 is 14.4 Å². The maximum atomic E-state index is 12.3. The van der Waals surface area contributed by atoms with Gasteiger partial charge >= 0.3 is 5.97 Å². The lowest BCUT2D eigenvalue weighted by Crippen LogP contribution is -2.38. The topological polar surface area (TPSA) is 55.8 Å². The third-order valence-electron chi connectivity index (χ3n) is 4.00. The van der Waals surface area contributed by atoms with Crippen molar-refractivity contribution in [2.24, 2.45) is 0 Å². The number of methoxy groups -OCH3 is 1. The summed E-state index contributed by atoms with van der Waals surface area (Å²) in [4.78, 5) is 25.3. The third kappa shape index (κ3) is 4.23. The van der Waals surface area contributed by atoms with Crippen molar-refractivity contribution < 1.29 is 19.1 Å². The van der Waals surface area contributed by atoms with Crippen LogP contribution in [0.4, 0.5) is 0 Å². The molecule has 0 spiro atoms. The Morgan fingerprint density at radius 2 is 2.00 bits per heavy atom. The Bertz CT molecular complexity index is 552. The minimum absolute atomic E-state index is 0.00195. The van der Waals surface area contributed by atoms with Crippen molar-refractivity contribution in [2.75, 3.05) is 20.3 Å². The van der Waals surface area contributed by atoms with Gasteiger partial charge in [0.1, 0.15) is 5.75 Å². The van der Waals surface area contributed by atoms with Gasteiger partial charge in [0.2, 0.25) is 0 Å². The monoisotopic (exact) mass is 305 g/mol. The Morgan fingerprint density at radius 1 is 1.27 bits per heavy atom. The van der Waals surface area contributed by atoms with Gasteiger partial charge in [-0.2, -0.15) is 0 Å². The Hall–Kier alpha value is -2.04. The highest BCUT2D eigenvalue weighted by atomic mass is 16.5. The predicted molar refractivity (Wildman–Crippen MR) is 82.8 cm³/mol. The Labute approximate surface area is 131 Å². The number of benzene rings is 1. The SMILES string of the molecule is COC(=O)CCN(C(=O)COc1cccc(C)c1C)C1CC1. The first-order valence-electron chi connectivity index (χ1n) is 7.58. The van der Waals surface area contributed by atoms with Crippen LogP contribution in [0.1, 0.15) is 30.4 Å². The van der Waals surface area contributed by atoms with Crippen LogP contribution in [0.15, 0.2) is 18.2 Å². The molecule has 1 aliphatic carbocycles. The lowest BCUT2D eigenvalue weighted by Gasteiger charge is -2.22. The Morgan fingerprint density at radius 3 is 2.64 bits per heavy atom. The van der Waals surface area contributed by atoms with Crippen LogP contribution in [0.3, 0.4) is 0 Å². The van der Waals surface area contributed by atoms with E-state index >= 15 is 0 Å². The molecule has 1 aromatic carbocycles. The number of rotatable bonds is 7. The average molecular weight is 305 g/mol. The van der Waals surface area contributed by atoms with E-state index in [9.17, 15) is 9.59 Å². The molecule has 0 aromatic heterocycles. The highest BCUT2D eigenvalue weighted by Gasteiger charge is 2.32. The van der Waals surface area contributed by atoms with E-state index in [1.54, 1.807) is 4.90 Å². The van der Waals surface area contributed by atoms with E-state index in [1.807, 2.05) is 32.0 Å². The highest BCUT2D eigenvalue weighted by Crippen LogP contribution is 2.27. The summed E-state index contributed by atoms with van der Waals surface area (Å²) in [6.45, 7) is 4.39. The first-order valence-corrected chi connectivity index (χ1v) is 7.58. The molecule has 22 heavy (non-hydrogen) atoms. The van der Waals surface area contributed by atoms with Crippen LogP contribution in [0, 0.1) is 13.8 Å². The summed E-state index contributed by atoms with van der Waals surface area (Å²) >= 11 is 0. The largest absolute Gasteiger partial charge is 0.483 e. The normalized spacial score (nSPS) is 13.6. The fraction of sp³-hybridized carbons (Fsp3) is 0.529. The van der Waals surface area contributed by atoms with E-state index in [0.717, 1.165) is 29.7 Å². The Balaban J connectivity index is 1.91. The predicted octanol–water partition coefficient (Wildman–Crippen LogP) is 2.24. The fourth-order valence-electron chi connectivity index (χ4n) is 2.31. The molecule has 1 fully saturated rings. The first-order chi connectivity index (χ1) is 10.5. The molecular formula is C17H23NO4. The van der Waals surface area contributed by atoms with Crippen molar-refractivity contribution in [3.8, 4) is 5.75 Å². The summed E-state index contributed by atoms with van der Waals surface area (Å²) in [5.74, 6) is 0.360. The van der Waals surface area contributed by atoms with Crippen LogP contribution in [0.5, 0.6) is 5.75 Å². The zero-order chi connectivity index (χ0) is 16.1. The zero-order valence-electron chi connectivity index (χ0n) is 13.4. The molecule has 2 rings (SSSR count). The van der Waals surface area contributed by atoms with Crippen molar-refractivity contribution in [2.45, 2.75) is 39.2 Å². The van der Waals surface area contributed by atoms with E-state index < -0.39 is 0 Å². The Kier molecular flexibility index (Phi) is 5.41. The van der Waals surface area contributed by atoms with Crippen LogP contribution in [0.25, 0.3) is 0 Å². The highest BCUT2D eigenvalue weighted by molar-refractivity contribution is 5.79. The molecule has 120 valence electrons. The molecule has 0 saturated heterocycles. The summed E-state index contributed by atoms with van der Waals surface area (Å²) in [5, 5.41) is 0. The molecule has 1 aliphatic rings. The molecule has 0 aliphatic heterocycles. The third-order valence-corrected chi connectivity index (χ3v) is 4.00. The van der Waals surface area contributed by atoms with E-state index in [4.69, 9.17) is 4.74 Å². The van der Waals surface area contributed by atoms with E-state index in [-0.39, 0.29) is 30.9 Å². The maximum Gasteiger partial charge on any atom is 0.307 e. The zero-order valence-corrected chi connectivity index (χ0v) is 13.4. The number of nitrogens with zero attached hydrogens (tertiary/aromatic N) is 1. The van der Waals surface area contributed by atoms with Crippen molar-refractivity contribution in [1.29, 1.82) is 0 Å². The van der Waals surface area contributed by atoms with Crippen molar-refractivity contribution in [3.05, 3.63) is 29.3 Å². The van der Waals surface area contributed by atoms with E-state index in [2.05, 4.69) is 4.74 Å². The molecule has 0 unspecified atom stereocenters. The first kappa shape index (κ1) is 16.3. The van der Waals surface area contributed by atoms with Crippen molar-refractivity contribution in [3.63, 3.8) is 0 Å². The van der Waals surface area contributed by atoms with Crippen LogP contribution in [-0.4, -0.2) is 43.1 Å². The van der Waals surface area contributed by atoms with E-state index in [1.165, 1.54) is 7.11 Å². The number of hydrogen-bond donors (Lipinski definition) is 0. The molecule has 5 nitrogen and oxygen atoms in total. The number of ether oxygens (including phenoxy) is 2. The number of carbonyl (C=O) groups excluding carboxylic acids is 2. The molecular weight excluding hydrogens is 282 g/mol. The van der Waals surface area contributed by atoms with Gasteiger partial charge in [-0.1, -0.05) is 12.1 Å².